The van der Waals surface area contributed by atoms with Gasteiger partial charge in [0.2, 0.25) is 0 Å². The molecule has 0 saturated heterocycles. The van der Waals surface area contributed by atoms with Gasteiger partial charge in [0.1, 0.15) is 11.9 Å². The largest absolute Gasteiger partial charge is 0.496 e. The zero-order valence-electron chi connectivity index (χ0n) is 15.3. The van der Waals surface area contributed by atoms with Gasteiger partial charge < -0.3 is 14.8 Å². The van der Waals surface area contributed by atoms with E-state index in [-0.39, 0.29) is 12.6 Å². The summed E-state index contributed by atoms with van der Waals surface area (Å²) in [5.74, 6) is -0.648. The number of rotatable bonds is 6. The Hall–Kier alpha value is -2.75. The van der Waals surface area contributed by atoms with E-state index < -0.39 is 41.1 Å². The molecule has 0 unspecified atom stereocenters. The van der Waals surface area contributed by atoms with Crippen LogP contribution in [0.5, 0.6) is 5.75 Å². The topological polar surface area (TPSA) is 47.6 Å². The maximum Gasteiger partial charge on any atom is 0.416 e. The van der Waals surface area contributed by atoms with Crippen molar-refractivity contribution < 1.29 is 40.6 Å². The Labute approximate surface area is 162 Å². The maximum absolute atomic E-state index is 12.9. The Bertz CT molecular complexity index is 832. The SMILES string of the molecule is COc1ccccc1[C@@H](CNC(=O)c1cc(C(F)(F)F)cc(C(F)(F)F)c1)OC. The first-order valence-corrected chi connectivity index (χ1v) is 8.20. The van der Waals surface area contributed by atoms with Gasteiger partial charge in [-0.25, -0.2) is 0 Å². The molecule has 0 fully saturated rings. The summed E-state index contributed by atoms with van der Waals surface area (Å²) >= 11 is 0. The van der Waals surface area contributed by atoms with Gasteiger partial charge in [0.25, 0.3) is 5.91 Å². The van der Waals surface area contributed by atoms with Gasteiger partial charge in [-0.3, -0.25) is 4.79 Å². The fraction of sp³-hybridized carbons (Fsp3) is 0.316. The lowest BCUT2D eigenvalue weighted by atomic mass is 10.0. The Morgan fingerprint density at radius 1 is 0.966 bits per heavy atom. The summed E-state index contributed by atoms with van der Waals surface area (Å²) in [5.41, 5.74) is -3.34. The van der Waals surface area contributed by atoms with Crippen LogP contribution in [0.2, 0.25) is 0 Å². The highest BCUT2D eigenvalue weighted by molar-refractivity contribution is 5.94. The minimum Gasteiger partial charge on any atom is -0.496 e. The molecule has 0 bridgehead atoms. The third kappa shape index (κ3) is 5.63. The van der Waals surface area contributed by atoms with Crippen LogP contribution in [0.15, 0.2) is 42.5 Å². The Morgan fingerprint density at radius 2 is 1.52 bits per heavy atom. The van der Waals surface area contributed by atoms with Crippen molar-refractivity contribution in [1.82, 2.24) is 5.32 Å². The van der Waals surface area contributed by atoms with Gasteiger partial charge in [0.05, 0.1) is 18.2 Å². The second kappa shape index (κ2) is 8.73. The van der Waals surface area contributed by atoms with Gasteiger partial charge in [0.15, 0.2) is 0 Å². The van der Waals surface area contributed by atoms with E-state index in [9.17, 15) is 31.1 Å². The van der Waals surface area contributed by atoms with Crippen molar-refractivity contribution in [2.24, 2.45) is 0 Å². The lowest BCUT2D eigenvalue weighted by molar-refractivity contribution is -0.143. The number of alkyl halides is 6. The molecule has 10 heteroatoms. The molecule has 0 heterocycles. The van der Waals surface area contributed by atoms with Crippen molar-refractivity contribution in [3.05, 3.63) is 64.7 Å². The number of carbonyl (C=O) groups excluding carboxylic acids is 1. The molecule has 4 nitrogen and oxygen atoms in total. The lowest BCUT2D eigenvalue weighted by Gasteiger charge is -2.19. The Kier molecular flexibility index (Phi) is 6.78. The fourth-order valence-corrected chi connectivity index (χ4v) is 2.63. The Balaban J connectivity index is 2.27. The van der Waals surface area contributed by atoms with Crippen LogP contribution >= 0.6 is 0 Å². The third-order valence-corrected chi connectivity index (χ3v) is 4.07. The molecule has 0 aliphatic rings. The summed E-state index contributed by atoms with van der Waals surface area (Å²) in [5, 5.41) is 2.30. The van der Waals surface area contributed by atoms with Crippen molar-refractivity contribution in [2.75, 3.05) is 20.8 Å². The van der Waals surface area contributed by atoms with Crippen LogP contribution in [0, 0.1) is 0 Å². The quantitative estimate of drug-likeness (QED) is 0.679. The summed E-state index contributed by atoms with van der Waals surface area (Å²) in [4.78, 5) is 12.3. The molecule has 2 aromatic rings. The van der Waals surface area contributed by atoms with E-state index in [1.54, 1.807) is 24.3 Å². The summed E-state index contributed by atoms with van der Waals surface area (Å²) in [7, 11) is 2.76. The van der Waals surface area contributed by atoms with Gasteiger partial charge in [-0.1, -0.05) is 18.2 Å². The number of carbonyl (C=O) groups is 1. The third-order valence-electron chi connectivity index (χ3n) is 4.07. The molecule has 0 saturated carbocycles. The number of ether oxygens (including phenoxy) is 2. The van der Waals surface area contributed by atoms with E-state index in [0.29, 0.717) is 23.4 Å². The molecule has 29 heavy (non-hydrogen) atoms. The normalized spacial score (nSPS) is 13.1. The van der Waals surface area contributed by atoms with Gasteiger partial charge in [-0.05, 0) is 24.3 Å². The first-order valence-electron chi connectivity index (χ1n) is 8.20. The van der Waals surface area contributed by atoms with Gasteiger partial charge in [-0.15, -0.1) is 0 Å². The van der Waals surface area contributed by atoms with Crippen LogP contribution in [0.3, 0.4) is 0 Å². The van der Waals surface area contributed by atoms with Crippen molar-refractivity contribution in [2.45, 2.75) is 18.5 Å². The molecule has 158 valence electrons. The molecule has 0 spiro atoms. The van der Waals surface area contributed by atoms with Crippen molar-refractivity contribution in [1.29, 1.82) is 0 Å². The molecule has 0 aromatic heterocycles. The maximum atomic E-state index is 12.9. The second-order valence-electron chi connectivity index (χ2n) is 5.97. The van der Waals surface area contributed by atoms with E-state index in [4.69, 9.17) is 9.47 Å². The molecule has 0 aliphatic heterocycles. The minimum absolute atomic E-state index is 0.0381. The molecule has 2 rings (SSSR count). The van der Waals surface area contributed by atoms with Gasteiger partial charge in [-0.2, -0.15) is 26.3 Å². The predicted molar refractivity (Wildman–Crippen MR) is 91.5 cm³/mol. The van der Waals surface area contributed by atoms with Crippen molar-refractivity contribution in [3.63, 3.8) is 0 Å². The van der Waals surface area contributed by atoms with E-state index in [1.807, 2.05) is 0 Å². The summed E-state index contributed by atoms with van der Waals surface area (Å²) in [6.07, 6.45) is -10.8. The zero-order chi connectivity index (χ0) is 21.8. The standard InChI is InChI=1S/C19H17F6NO3/c1-28-15-6-4-3-5-14(15)16(29-2)10-26-17(27)11-7-12(18(20,21)22)9-13(8-11)19(23,24)25/h3-9,16H,10H2,1-2H3,(H,26,27)/t16-/m1/s1. The molecule has 1 atom stereocenters. The minimum atomic E-state index is -5.04. The van der Waals surface area contributed by atoms with E-state index in [2.05, 4.69) is 5.32 Å². The Morgan fingerprint density at radius 3 is 2.00 bits per heavy atom. The second-order valence-corrected chi connectivity index (χ2v) is 5.97. The molecule has 0 aliphatic carbocycles. The lowest BCUT2D eigenvalue weighted by Crippen LogP contribution is -2.30. The monoisotopic (exact) mass is 421 g/mol. The molecular formula is C19H17F6NO3. The van der Waals surface area contributed by atoms with Gasteiger partial charge >= 0.3 is 12.4 Å². The van der Waals surface area contributed by atoms with Crippen LogP contribution in [0.1, 0.15) is 33.2 Å². The number of halogens is 6. The van der Waals surface area contributed by atoms with E-state index in [0.717, 1.165) is 0 Å². The number of nitrogens with one attached hydrogen (secondary N) is 1. The highest BCUT2D eigenvalue weighted by Gasteiger charge is 2.37. The zero-order valence-corrected chi connectivity index (χ0v) is 15.3. The molecule has 2 aromatic carbocycles. The smallest absolute Gasteiger partial charge is 0.416 e. The molecule has 0 radical (unpaired) electrons. The number of para-hydroxylation sites is 1. The predicted octanol–water partition coefficient (Wildman–Crippen LogP) is 4.85. The summed E-state index contributed by atoms with van der Waals surface area (Å²) in [6, 6.07) is 7.40. The van der Waals surface area contributed by atoms with Crippen LogP contribution in [0.4, 0.5) is 26.3 Å². The molecule has 1 N–H and O–H groups in total. The number of hydrogen-bond donors (Lipinski definition) is 1. The average Bonchev–Trinajstić information content (AvgIpc) is 2.66. The van der Waals surface area contributed by atoms with Crippen molar-refractivity contribution in [3.8, 4) is 5.75 Å². The molecule has 1 amide bonds. The van der Waals surface area contributed by atoms with E-state index >= 15 is 0 Å². The van der Waals surface area contributed by atoms with E-state index in [1.165, 1.54) is 14.2 Å². The summed E-state index contributed by atoms with van der Waals surface area (Å²) < 4.78 is 88.1. The number of methoxy groups -OCH3 is 2. The average molecular weight is 421 g/mol. The molecular weight excluding hydrogens is 404 g/mol. The van der Waals surface area contributed by atoms with Gasteiger partial charge in [0, 0.05) is 24.8 Å². The number of hydrogen-bond acceptors (Lipinski definition) is 3. The number of benzene rings is 2. The summed E-state index contributed by atoms with van der Waals surface area (Å²) in [6.45, 7) is -0.201. The number of amides is 1. The van der Waals surface area contributed by atoms with Crippen LogP contribution in [-0.2, 0) is 17.1 Å². The highest BCUT2D eigenvalue weighted by Crippen LogP contribution is 2.36. The first-order chi connectivity index (χ1) is 13.5. The highest BCUT2D eigenvalue weighted by atomic mass is 19.4. The fourth-order valence-electron chi connectivity index (χ4n) is 2.63. The van der Waals surface area contributed by atoms with Crippen molar-refractivity contribution >= 4 is 5.91 Å². The van der Waals surface area contributed by atoms with Crippen LogP contribution in [0.25, 0.3) is 0 Å². The first kappa shape index (κ1) is 22.5. The van der Waals surface area contributed by atoms with Crippen LogP contribution in [-0.4, -0.2) is 26.7 Å². The van der Waals surface area contributed by atoms with Crippen LogP contribution < -0.4 is 10.1 Å².